The SMILES string of the molecule is CC1=CC=C(C(C)(C)C)CC1. The minimum atomic E-state index is 0.372. The van der Waals surface area contributed by atoms with Gasteiger partial charge in [-0.05, 0) is 25.2 Å². The Morgan fingerprint density at radius 1 is 1.09 bits per heavy atom. The van der Waals surface area contributed by atoms with Crippen LogP contribution in [0.4, 0.5) is 0 Å². The quantitative estimate of drug-likeness (QED) is 0.494. The highest BCUT2D eigenvalue weighted by molar-refractivity contribution is 5.26. The van der Waals surface area contributed by atoms with Crippen LogP contribution >= 0.6 is 0 Å². The molecule has 0 aromatic rings. The molecule has 11 heavy (non-hydrogen) atoms. The molecule has 0 bridgehead atoms. The van der Waals surface area contributed by atoms with Crippen LogP contribution in [-0.2, 0) is 0 Å². The Labute approximate surface area is 70.0 Å². The summed E-state index contributed by atoms with van der Waals surface area (Å²) in [6, 6.07) is 0. The molecular weight excluding hydrogens is 132 g/mol. The summed E-state index contributed by atoms with van der Waals surface area (Å²) in [5.74, 6) is 0. The van der Waals surface area contributed by atoms with Gasteiger partial charge in [0.2, 0.25) is 0 Å². The maximum atomic E-state index is 2.29. The second-order valence-corrected chi connectivity index (χ2v) is 4.45. The van der Waals surface area contributed by atoms with Crippen molar-refractivity contribution < 1.29 is 0 Å². The third kappa shape index (κ3) is 2.21. The maximum absolute atomic E-state index is 2.29. The Bertz CT molecular complexity index is 199. The highest BCUT2D eigenvalue weighted by atomic mass is 14.2. The van der Waals surface area contributed by atoms with E-state index in [0.717, 1.165) is 0 Å². The highest BCUT2D eigenvalue weighted by Crippen LogP contribution is 2.32. The van der Waals surface area contributed by atoms with Gasteiger partial charge in [0.25, 0.3) is 0 Å². The molecule has 0 heterocycles. The maximum Gasteiger partial charge on any atom is -0.0170 e. The summed E-state index contributed by atoms with van der Waals surface area (Å²) < 4.78 is 0. The molecule has 0 aliphatic heterocycles. The van der Waals surface area contributed by atoms with E-state index in [-0.39, 0.29) is 0 Å². The smallest absolute Gasteiger partial charge is 0.0170 e. The Balaban J connectivity index is 2.77. The van der Waals surface area contributed by atoms with Crippen LogP contribution < -0.4 is 0 Å². The molecule has 0 heteroatoms. The average molecular weight is 150 g/mol. The van der Waals surface area contributed by atoms with Crippen molar-refractivity contribution in [3.63, 3.8) is 0 Å². The molecule has 0 N–H and O–H groups in total. The van der Waals surface area contributed by atoms with E-state index >= 15 is 0 Å². The molecule has 0 saturated carbocycles. The predicted molar refractivity (Wildman–Crippen MR) is 50.5 cm³/mol. The lowest BCUT2D eigenvalue weighted by Gasteiger charge is -2.25. The fourth-order valence-corrected chi connectivity index (χ4v) is 1.37. The molecule has 62 valence electrons. The van der Waals surface area contributed by atoms with E-state index in [9.17, 15) is 0 Å². The Kier molecular flexibility index (Phi) is 2.22. The van der Waals surface area contributed by atoms with Crippen molar-refractivity contribution in [2.75, 3.05) is 0 Å². The summed E-state index contributed by atoms with van der Waals surface area (Å²) in [7, 11) is 0. The number of rotatable bonds is 0. The number of allylic oxidation sites excluding steroid dienone is 4. The molecule has 0 aromatic heterocycles. The van der Waals surface area contributed by atoms with Crippen molar-refractivity contribution in [3.8, 4) is 0 Å². The summed E-state index contributed by atoms with van der Waals surface area (Å²) in [4.78, 5) is 0. The van der Waals surface area contributed by atoms with Crippen molar-refractivity contribution in [1.29, 1.82) is 0 Å². The van der Waals surface area contributed by atoms with Crippen LogP contribution in [0.5, 0.6) is 0 Å². The van der Waals surface area contributed by atoms with Crippen LogP contribution in [0.2, 0.25) is 0 Å². The molecule has 1 rings (SSSR count). The van der Waals surface area contributed by atoms with Gasteiger partial charge >= 0.3 is 0 Å². The lowest BCUT2D eigenvalue weighted by molar-refractivity contribution is 0.479. The van der Waals surface area contributed by atoms with Gasteiger partial charge in [0.05, 0.1) is 0 Å². The van der Waals surface area contributed by atoms with Crippen LogP contribution in [-0.4, -0.2) is 0 Å². The van der Waals surface area contributed by atoms with Gasteiger partial charge in [0.15, 0.2) is 0 Å². The third-order valence-electron chi connectivity index (χ3n) is 2.32. The fraction of sp³-hybridized carbons (Fsp3) is 0.636. The zero-order valence-electron chi connectivity index (χ0n) is 8.07. The normalized spacial score (nSPS) is 19.3. The number of hydrogen-bond donors (Lipinski definition) is 0. The molecule has 1 aliphatic carbocycles. The minimum Gasteiger partial charge on any atom is -0.0730 e. The fourth-order valence-electron chi connectivity index (χ4n) is 1.37. The van der Waals surface area contributed by atoms with Gasteiger partial charge in [-0.1, -0.05) is 44.1 Å². The van der Waals surface area contributed by atoms with Gasteiger partial charge in [-0.15, -0.1) is 0 Å². The van der Waals surface area contributed by atoms with E-state index < -0.39 is 0 Å². The van der Waals surface area contributed by atoms with E-state index in [0.29, 0.717) is 5.41 Å². The lowest BCUT2D eigenvalue weighted by Crippen LogP contribution is -2.10. The molecule has 0 amide bonds. The monoisotopic (exact) mass is 150 g/mol. The Hall–Kier alpha value is -0.520. The van der Waals surface area contributed by atoms with E-state index in [1.165, 1.54) is 18.4 Å². The predicted octanol–water partition coefficient (Wildman–Crippen LogP) is 3.70. The Morgan fingerprint density at radius 2 is 1.73 bits per heavy atom. The average Bonchev–Trinajstić information content (AvgIpc) is 1.86. The highest BCUT2D eigenvalue weighted by Gasteiger charge is 2.17. The van der Waals surface area contributed by atoms with Gasteiger partial charge in [0, 0.05) is 0 Å². The zero-order chi connectivity index (χ0) is 8.48. The van der Waals surface area contributed by atoms with Crippen molar-refractivity contribution in [3.05, 3.63) is 23.3 Å². The van der Waals surface area contributed by atoms with E-state index in [4.69, 9.17) is 0 Å². The molecule has 0 radical (unpaired) electrons. The first-order valence-corrected chi connectivity index (χ1v) is 4.37. The van der Waals surface area contributed by atoms with Gasteiger partial charge in [-0.2, -0.15) is 0 Å². The molecule has 1 aliphatic rings. The summed E-state index contributed by atoms with van der Waals surface area (Å²) in [6.07, 6.45) is 7.05. The zero-order valence-corrected chi connectivity index (χ0v) is 8.07. The second kappa shape index (κ2) is 2.84. The van der Waals surface area contributed by atoms with Gasteiger partial charge in [-0.3, -0.25) is 0 Å². The van der Waals surface area contributed by atoms with Crippen LogP contribution in [0.1, 0.15) is 40.5 Å². The van der Waals surface area contributed by atoms with Crippen molar-refractivity contribution in [1.82, 2.24) is 0 Å². The first-order valence-electron chi connectivity index (χ1n) is 4.37. The minimum absolute atomic E-state index is 0.372. The van der Waals surface area contributed by atoms with Crippen LogP contribution in [0, 0.1) is 5.41 Å². The van der Waals surface area contributed by atoms with Gasteiger partial charge < -0.3 is 0 Å². The van der Waals surface area contributed by atoms with Crippen molar-refractivity contribution in [2.24, 2.45) is 5.41 Å². The van der Waals surface area contributed by atoms with E-state index in [2.05, 4.69) is 39.8 Å². The summed E-state index contributed by atoms with van der Waals surface area (Å²) in [5, 5.41) is 0. The van der Waals surface area contributed by atoms with Gasteiger partial charge in [-0.25, -0.2) is 0 Å². The molecule has 0 spiro atoms. The van der Waals surface area contributed by atoms with E-state index in [1.54, 1.807) is 5.57 Å². The van der Waals surface area contributed by atoms with Crippen molar-refractivity contribution in [2.45, 2.75) is 40.5 Å². The molecule has 0 aromatic carbocycles. The standard InChI is InChI=1S/C11H18/c1-9-5-7-10(8-6-9)11(2,3)4/h5,7H,6,8H2,1-4H3. The summed E-state index contributed by atoms with van der Waals surface area (Å²) in [5.41, 5.74) is 3.47. The molecule has 0 nitrogen and oxygen atoms in total. The van der Waals surface area contributed by atoms with Crippen LogP contribution in [0.25, 0.3) is 0 Å². The van der Waals surface area contributed by atoms with Crippen LogP contribution in [0.3, 0.4) is 0 Å². The van der Waals surface area contributed by atoms with E-state index in [1.807, 2.05) is 0 Å². The number of hydrogen-bond acceptors (Lipinski definition) is 0. The second-order valence-electron chi connectivity index (χ2n) is 4.45. The molecule has 0 fully saturated rings. The first kappa shape index (κ1) is 8.58. The largest absolute Gasteiger partial charge is 0.0730 e. The first-order chi connectivity index (χ1) is 5.00. The summed E-state index contributed by atoms with van der Waals surface area (Å²) >= 11 is 0. The van der Waals surface area contributed by atoms with Crippen molar-refractivity contribution >= 4 is 0 Å². The Morgan fingerprint density at radius 3 is 2.09 bits per heavy atom. The van der Waals surface area contributed by atoms with Gasteiger partial charge in [0.1, 0.15) is 0 Å². The molecule has 0 saturated heterocycles. The molecule has 0 atom stereocenters. The lowest BCUT2D eigenvalue weighted by atomic mass is 9.81. The van der Waals surface area contributed by atoms with Crippen LogP contribution in [0.15, 0.2) is 23.3 Å². The molecular formula is C11H18. The third-order valence-corrected chi connectivity index (χ3v) is 2.32. The summed E-state index contributed by atoms with van der Waals surface area (Å²) in [6.45, 7) is 9.06. The molecule has 0 unspecified atom stereocenters. The topological polar surface area (TPSA) is 0 Å².